The molecule has 2 N–H and O–H groups in total. The number of nitrogens with zero attached hydrogens (tertiary/aromatic N) is 3. The predicted octanol–water partition coefficient (Wildman–Crippen LogP) is 2.37. The van der Waals surface area contributed by atoms with Gasteiger partial charge in [0.15, 0.2) is 0 Å². The predicted molar refractivity (Wildman–Crippen MR) is 84.4 cm³/mol. The molecule has 2 aromatic rings. The number of rotatable bonds is 3. The molecule has 0 bridgehead atoms. The first-order chi connectivity index (χ1) is 9.66. The van der Waals surface area contributed by atoms with Gasteiger partial charge in [0.1, 0.15) is 17.1 Å². The van der Waals surface area contributed by atoms with E-state index in [1.54, 1.807) is 6.33 Å². The summed E-state index contributed by atoms with van der Waals surface area (Å²) in [4.78, 5) is 11.3. The van der Waals surface area contributed by atoms with Gasteiger partial charge in [0.05, 0.1) is 0 Å². The molecule has 4 nitrogen and oxygen atoms in total. The average molecular weight is 284 g/mol. The quantitative estimate of drug-likeness (QED) is 0.877. The van der Waals surface area contributed by atoms with Gasteiger partial charge in [-0.1, -0.05) is 12.2 Å². The summed E-state index contributed by atoms with van der Waals surface area (Å²) in [5.41, 5.74) is 10.0. The molecule has 1 heterocycles. The normalized spacial score (nSPS) is 13.1. The molecule has 5 heteroatoms. The van der Waals surface area contributed by atoms with Gasteiger partial charge in [-0.3, -0.25) is 0 Å². The molecule has 1 aromatic heterocycles. The van der Waals surface area contributed by atoms with Crippen molar-refractivity contribution in [3.05, 3.63) is 47.4 Å². The molecule has 1 aliphatic carbocycles. The molecule has 3 rings (SSSR count). The van der Waals surface area contributed by atoms with Crippen LogP contribution in [0, 0.1) is 0 Å². The third-order valence-electron chi connectivity index (χ3n) is 3.71. The summed E-state index contributed by atoms with van der Waals surface area (Å²) in [7, 11) is 2.02. The minimum atomic E-state index is 0.419. The SMILES string of the molecule is CN(c1ccc(C(N)=S)cc1)c1ncnc2c1CCC2. The Bertz CT molecular complexity index is 651. The zero-order valence-corrected chi connectivity index (χ0v) is 12.2. The number of aryl methyl sites for hydroxylation is 1. The second kappa shape index (κ2) is 5.17. The zero-order valence-electron chi connectivity index (χ0n) is 11.3. The molecular formula is C15H16N4S. The zero-order chi connectivity index (χ0) is 14.1. The van der Waals surface area contributed by atoms with Crippen LogP contribution in [-0.2, 0) is 12.8 Å². The molecule has 1 aliphatic rings. The van der Waals surface area contributed by atoms with E-state index in [0.29, 0.717) is 4.99 Å². The number of fused-ring (bicyclic) bond motifs is 1. The second-order valence-electron chi connectivity index (χ2n) is 4.95. The van der Waals surface area contributed by atoms with Crippen LogP contribution in [0.4, 0.5) is 11.5 Å². The van der Waals surface area contributed by atoms with E-state index in [-0.39, 0.29) is 0 Å². The maximum atomic E-state index is 5.62. The molecule has 0 aliphatic heterocycles. The number of nitrogens with two attached hydrogens (primary N) is 1. The summed E-state index contributed by atoms with van der Waals surface area (Å²) >= 11 is 4.97. The van der Waals surface area contributed by atoms with Gasteiger partial charge in [-0.2, -0.15) is 0 Å². The van der Waals surface area contributed by atoms with E-state index in [0.717, 1.165) is 36.3 Å². The molecule has 20 heavy (non-hydrogen) atoms. The molecule has 1 aromatic carbocycles. The van der Waals surface area contributed by atoms with Gasteiger partial charge in [0.2, 0.25) is 0 Å². The monoisotopic (exact) mass is 284 g/mol. The van der Waals surface area contributed by atoms with Crippen LogP contribution < -0.4 is 10.6 Å². The first-order valence-electron chi connectivity index (χ1n) is 6.63. The molecule has 0 unspecified atom stereocenters. The first-order valence-corrected chi connectivity index (χ1v) is 7.04. The fourth-order valence-electron chi connectivity index (χ4n) is 2.60. The fourth-order valence-corrected chi connectivity index (χ4v) is 2.74. The van der Waals surface area contributed by atoms with Crippen LogP contribution in [0.3, 0.4) is 0 Å². The van der Waals surface area contributed by atoms with E-state index >= 15 is 0 Å². The molecule has 0 spiro atoms. The Balaban J connectivity index is 1.95. The Morgan fingerprint density at radius 1 is 1.20 bits per heavy atom. The fraction of sp³-hybridized carbons (Fsp3) is 0.267. The smallest absolute Gasteiger partial charge is 0.139 e. The van der Waals surface area contributed by atoms with Crippen LogP contribution in [-0.4, -0.2) is 22.0 Å². The summed E-state index contributed by atoms with van der Waals surface area (Å²) in [6.45, 7) is 0. The Kier molecular flexibility index (Phi) is 3.36. The highest BCUT2D eigenvalue weighted by molar-refractivity contribution is 7.80. The minimum Gasteiger partial charge on any atom is -0.389 e. The number of hydrogen-bond donors (Lipinski definition) is 1. The highest BCUT2D eigenvalue weighted by Gasteiger charge is 2.19. The van der Waals surface area contributed by atoms with Gasteiger partial charge >= 0.3 is 0 Å². The summed E-state index contributed by atoms with van der Waals surface area (Å²) < 4.78 is 0. The van der Waals surface area contributed by atoms with E-state index in [9.17, 15) is 0 Å². The van der Waals surface area contributed by atoms with E-state index in [2.05, 4.69) is 14.9 Å². The Morgan fingerprint density at radius 3 is 2.65 bits per heavy atom. The van der Waals surface area contributed by atoms with E-state index in [4.69, 9.17) is 18.0 Å². The lowest BCUT2D eigenvalue weighted by atomic mass is 10.1. The van der Waals surface area contributed by atoms with E-state index in [1.807, 2.05) is 31.3 Å². The van der Waals surface area contributed by atoms with Crippen LogP contribution in [0.5, 0.6) is 0 Å². The van der Waals surface area contributed by atoms with Gasteiger partial charge in [-0.05, 0) is 43.5 Å². The van der Waals surface area contributed by atoms with Gasteiger partial charge in [0.25, 0.3) is 0 Å². The molecule has 0 radical (unpaired) electrons. The minimum absolute atomic E-state index is 0.419. The molecule has 0 atom stereocenters. The average Bonchev–Trinajstić information content (AvgIpc) is 2.95. The maximum absolute atomic E-state index is 5.62. The van der Waals surface area contributed by atoms with Crippen molar-refractivity contribution in [2.24, 2.45) is 5.73 Å². The summed E-state index contributed by atoms with van der Waals surface area (Å²) in [5.74, 6) is 0.996. The van der Waals surface area contributed by atoms with E-state index < -0.39 is 0 Å². The lowest BCUT2D eigenvalue weighted by Gasteiger charge is -2.21. The van der Waals surface area contributed by atoms with Crippen LogP contribution in [0.15, 0.2) is 30.6 Å². The number of aromatic nitrogens is 2. The van der Waals surface area contributed by atoms with Crippen LogP contribution >= 0.6 is 12.2 Å². The second-order valence-corrected chi connectivity index (χ2v) is 5.39. The van der Waals surface area contributed by atoms with Crippen LogP contribution in [0.2, 0.25) is 0 Å². The van der Waals surface area contributed by atoms with Gasteiger partial charge in [-0.15, -0.1) is 0 Å². The number of benzene rings is 1. The van der Waals surface area contributed by atoms with Crippen molar-refractivity contribution in [2.75, 3.05) is 11.9 Å². The van der Waals surface area contributed by atoms with Crippen molar-refractivity contribution in [3.63, 3.8) is 0 Å². The number of anilines is 2. The van der Waals surface area contributed by atoms with Crippen molar-refractivity contribution in [1.29, 1.82) is 0 Å². The van der Waals surface area contributed by atoms with Crippen LogP contribution in [0.1, 0.15) is 23.2 Å². The largest absolute Gasteiger partial charge is 0.389 e. The third-order valence-corrected chi connectivity index (χ3v) is 3.94. The number of thiocarbonyl (C=S) groups is 1. The van der Waals surface area contributed by atoms with Gasteiger partial charge in [0, 0.05) is 29.6 Å². The summed E-state index contributed by atoms with van der Waals surface area (Å²) in [6, 6.07) is 7.90. The van der Waals surface area contributed by atoms with Gasteiger partial charge in [-0.25, -0.2) is 9.97 Å². The first kappa shape index (κ1) is 13.0. The molecule has 0 amide bonds. The highest BCUT2D eigenvalue weighted by atomic mass is 32.1. The topological polar surface area (TPSA) is 55.0 Å². The molecule has 0 saturated carbocycles. The van der Waals surface area contributed by atoms with Crippen molar-refractivity contribution in [1.82, 2.24) is 9.97 Å². The lowest BCUT2D eigenvalue weighted by molar-refractivity contribution is 0.899. The summed E-state index contributed by atoms with van der Waals surface area (Å²) in [5, 5.41) is 0. The van der Waals surface area contributed by atoms with Crippen molar-refractivity contribution < 1.29 is 0 Å². The van der Waals surface area contributed by atoms with Crippen LogP contribution in [0.25, 0.3) is 0 Å². The van der Waals surface area contributed by atoms with Crippen molar-refractivity contribution in [3.8, 4) is 0 Å². The lowest BCUT2D eigenvalue weighted by Crippen LogP contribution is -2.15. The maximum Gasteiger partial charge on any atom is 0.139 e. The Morgan fingerprint density at radius 2 is 1.95 bits per heavy atom. The highest BCUT2D eigenvalue weighted by Crippen LogP contribution is 2.31. The Labute approximate surface area is 123 Å². The standard InChI is InChI=1S/C15H16N4S/c1-19(11-7-5-10(6-8-11)14(16)20)15-12-3-2-4-13(12)17-9-18-15/h5-9H,2-4H2,1H3,(H2,16,20). The van der Waals surface area contributed by atoms with E-state index in [1.165, 1.54) is 11.3 Å². The van der Waals surface area contributed by atoms with Crippen molar-refractivity contribution >= 4 is 28.7 Å². The van der Waals surface area contributed by atoms with Crippen molar-refractivity contribution in [2.45, 2.75) is 19.3 Å². The molecule has 0 fully saturated rings. The third kappa shape index (κ3) is 2.25. The number of hydrogen-bond acceptors (Lipinski definition) is 4. The molecular weight excluding hydrogens is 268 g/mol. The summed E-state index contributed by atoms with van der Waals surface area (Å²) in [6.07, 6.45) is 4.93. The van der Waals surface area contributed by atoms with Gasteiger partial charge < -0.3 is 10.6 Å². The Hall–Kier alpha value is -2.01. The molecule has 0 saturated heterocycles. The molecule has 102 valence electrons.